The molecule has 0 bridgehead atoms. The molecule has 2 rings (SSSR count). The van der Waals surface area contributed by atoms with E-state index < -0.39 is 0 Å². The Morgan fingerprint density at radius 1 is 1.10 bits per heavy atom. The minimum atomic E-state index is -0.192. The lowest BCUT2D eigenvalue weighted by molar-refractivity contribution is 0.0951. The van der Waals surface area contributed by atoms with E-state index in [1.807, 2.05) is 12.1 Å². The molecule has 3 N–H and O–H groups in total. The van der Waals surface area contributed by atoms with Gasteiger partial charge in [-0.1, -0.05) is 24.3 Å². The normalized spacial score (nSPS) is 10.5. The predicted octanol–water partition coefficient (Wildman–Crippen LogP) is 2.83. The van der Waals surface area contributed by atoms with Crippen LogP contribution in [0.15, 0.2) is 36.4 Å². The summed E-state index contributed by atoms with van der Waals surface area (Å²) in [6, 6.07) is 10.7. The van der Waals surface area contributed by atoms with Gasteiger partial charge in [-0.25, -0.2) is 4.39 Å². The summed E-state index contributed by atoms with van der Waals surface area (Å²) < 4.78 is 13.5. The van der Waals surface area contributed by atoms with Crippen LogP contribution in [0.1, 0.15) is 32.6 Å². The highest BCUT2D eigenvalue weighted by molar-refractivity contribution is 5.94. The third-order valence-electron chi connectivity index (χ3n) is 3.40. The molecule has 0 radical (unpaired) electrons. The fraction of sp³-hybridized carbons (Fsp3) is 0.235. The zero-order chi connectivity index (χ0) is 15.4. The van der Waals surface area contributed by atoms with Crippen LogP contribution in [-0.2, 0) is 13.1 Å². The van der Waals surface area contributed by atoms with E-state index in [0.717, 1.165) is 11.1 Å². The Kier molecular flexibility index (Phi) is 4.70. The molecule has 0 aromatic heterocycles. The molecule has 4 heteroatoms. The first-order valence-electron chi connectivity index (χ1n) is 6.84. The van der Waals surface area contributed by atoms with Crippen LogP contribution in [0.25, 0.3) is 0 Å². The van der Waals surface area contributed by atoms with Crippen molar-refractivity contribution in [2.24, 2.45) is 5.73 Å². The Balaban J connectivity index is 2.03. The Hall–Kier alpha value is -2.20. The fourth-order valence-electron chi connectivity index (χ4n) is 2.21. The molecule has 2 aromatic carbocycles. The van der Waals surface area contributed by atoms with Gasteiger partial charge in [0, 0.05) is 18.7 Å². The number of hydrogen-bond acceptors (Lipinski definition) is 2. The molecule has 3 nitrogen and oxygen atoms in total. The van der Waals surface area contributed by atoms with E-state index in [1.54, 1.807) is 38.1 Å². The fourth-order valence-corrected chi connectivity index (χ4v) is 2.21. The molecule has 2 aromatic rings. The van der Waals surface area contributed by atoms with Gasteiger partial charge in [-0.15, -0.1) is 0 Å². The largest absolute Gasteiger partial charge is 0.348 e. The smallest absolute Gasteiger partial charge is 0.251 e. The van der Waals surface area contributed by atoms with E-state index in [1.165, 1.54) is 0 Å². The topological polar surface area (TPSA) is 55.1 Å². The van der Waals surface area contributed by atoms with Crippen molar-refractivity contribution in [3.05, 3.63) is 70.0 Å². The summed E-state index contributed by atoms with van der Waals surface area (Å²) in [5.41, 5.74) is 9.15. The Morgan fingerprint density at radius 3 is 2.19 bits per heavy atom. The maximum absolute atomic E-state index is 13.5. The van der Waals surface area contributed by atoms with Crippen LogP contribution in [0.4, 0.5) is 4.39 Å². The van der Waals surface area contributed by atoms with Gasteiger partial charge in [0.2, 0.25) is 0 Å². The maximum Gasteiger partial charge on any atom is 0.251 e. The average molecular weight is 286 g/mol. The number of carbonyl (C=O) groups is 1. The predicted molar refractivity (Wildman–Crippen MR) is 81.4 cm³/mol. The van der Waals surface area contributed by atoms with Crippen molar-refractivity contribution in [3.63, 3.8) is 0 Å². The van der Waals surface area contributed by atoms with Gasteiger partial charge < -0.3 is 11.1 Å². The quantitative estimate of drug-likeness (QED) is 0.908. The van der Waals surface area contributed by atoms with Gasteiger partial charge in [-0.2, -0.15) is 0 Å². The van der Waals surface area contributed by atoms with Crippen molar-refractivity contribution >= 4 is 5.91 Å². The minimum Gasteiger partial charge on any atom is -0.348 e. The van der Waals surface area contributed by atoms with Gasteiger partial charge >= 0.3 is 0 Å². The Labute approximate surface area is 124 Å². The first-order chi connectivity index (χ1) is 10.0. The molecule has 0 heterocycles. The highest BCUT2D eigenvalue weighted by atomic mass is 19.1. The van der Waals surface area contributed by atoms with Gasteiger partial charge in [0.25, 0.3) is 5.91 Å². The second-order valence-electron chi connectivity index (χ2n) is 5.13. The highest BCUT2D eigenvalue weighted by Crippen LogP contribution is 2.14. The monoisotopic (exact) mass is 286 g/mol. The molecule has 0 fully saturated rings. The van der Waals surface area contributed by atoms with Gasteiger partial charge in [0.15, 0.2) is 0 Å². The zero-order valence-corrected chi connectivity index (χ0v) is 12.2. The molecular weight excluding hydrogens is 267 g/mol. The molecule has 1 amide bonds. The number of halogens is 1. The zero-order valence-electron chi connectivity index (χ0n) is 12.2. The van der Waals surface area contributed by atoms with Crippen LogP contribution in [0, 0.1) is 19.7 Å². The summed E-state index contributed by atoms with van der Waals surface area (Å²) in [6.45, 7) is 4.27. The number of nitrogens with two attached hydrogens (primary N) is 1. The number of rotatable bonds is 4. The summed E-state index contributed by atoms with van der Waals surface area (Å²) in [6.07, 6.45) is 0. The standard InChI is InChI=1S/C17H19FN2O/c1-11-7-14(8-12(2)16(11)18)10-20-17(21)15-5-3-13(9-19)4-6-15/h3-8H,9-10,19H2,1-2H3,(H,20,21). The van der Waals surface area contributed by atoms with Crippen molar-refractivity contribution in [3.8, 4) is 0 Å². The van der Waals surface area contributed by atoms with Crippen LogP contribution < -0.4 is 11.1 Å². The molecule has 0 unspecified atom stereocenters. The van der Waals surface area contributed by atoms with Crippen LogP contribution in [-0.4, -0.2) is 5.91 Å². The summed E-state index contributed by atoms with van der Waals surface area (Å²) >= 11 is 0. The van der Waals surface area contributed by atoms with Gasteiger partial charge in [0.05, 0.1) is 0 Å². The van der Waals surface area contributed by atoms with Crippen LogP contribution in [0.2, 0.25) is 0 Å². The van der Waals surface area contributed by atoms with E-state index in [-0.39, 0.29) is 11.7 Å². The van der Waals surface area contributed by atoms with E-state index >= 15 is 0 Å². The average Bonchev–Trinajstić information content (AvgIpc) is 2.50. The molecule has 0 aliphatic heterocycles. The van der Waals surface area contributed by atoms with E-state index in [4.69, 9.17) is 5.73 Å². The number of carbonyl (C=O) groups excluding carboxylic acids is 1. The maximum atomic E-state index is 13.5. The van der Waals surface area contributed by atoms with Crippen molar-refractivity contribution in [1.29, 1.82) is 0 Å². The van der Waals surface area contributed by atoms with Crippen LogP contribution in [0.3, 0.4) is 0 Å². The summed E-state index contributed by atoms with van der Waals surface area (Å²) in [4.78, 5) is 12.0. The molecule has 0 saturated heterocycles. The SMILES string of the molecule is Cc1cc(CNC(=O)c2ccc(CN)cc2)cc(C)c1F. The van der Waals surface area contributed by atoms with Crippen molar-refractivity contribution < 1.29 is 9.18 Å². The second-order valence-corrected chi connectivity index (χ2v) is 5.13. The number of nitrogens with one attached hydrogen (secondary N) is 1. The van der Waals surface area contributed by atoms with Gasteiger partial charge in [0.1, 0.15) is 5.82 Å². The minimum absolute atomic E-state index is 0.154. The Morgan fingerprint density at radius 2 is 1.67 bits per heavy atom. The first-order valence-corrected chi connectivity index (χ1v) is 6.84. The van der Waals surface area contributed by atoms with Gasteiger partial charge in [-0.05, 0) is 48.2 Å². The molecular formula is C17H19FN2O. The molecule has 110 valence electrons. The molecule has 0 atom stereocenters. The van der Waals surface area contributed by atoms with Crippen molar-refractivity contribution in [2.45, 2.75) is 26.9 Å². The lowest BCUT2D eigenvalue weighted by Crippen LogP contribution is -2.23. The first kappa shape index (κ1) is 15.2. The highest BCUT2D eigenvalue weighted by Gasteiger charge is 2.07. The molecule has 21 heavy (non-hydrogen) atoms. The molecule has 0 aliphatic rings. The summed E-state index contributed by atoms with van der Waals surface area (Å²) in [5, 5.41) is 2.83. The lowest BCUT2D eigenvalue weighted by Gasteiger charge is -2.09. The molecule has 0 aliphatic carbocycles. The second kappa shape index (κ2) is 6.50. The van der Waals surface area contributed by atoms with E-state index in [2.05, 4.69) is 5.32 Å². The summed E-state index contributed by atoms with van der Waals surface area (Å²) in [5.74, 6) is -0.347. The van der Waals surface area contributed by atoms with Crippen LogP contribution in [0.5, 0.6) is 0 Å². The number of hydrogen-bond donors (Lipinski definition) is 2. The number of benzene rings is 2. The molecule has 0 saturated carbocycles. The Bertz CT molecular complexity index is 627. The van der Waals surface area contributed by atoms with E-state index in [9.17, 15) is 9.18 Å². The number of amides is 1. The molecule has 0 spiro atoms. The third kappa shape index (κ3) is 3.67. The van der Waals surface area contributed by atoms with Gasteiger partial charge in [-0.3, -0.25) is 4.79 Å². The van der Waals surface area contributed by atoms with Crippen LogP contribution >= 0.6 is 0 Å². The third-order valence-corrected chi connectivity index (χ3v) is 3.40. The van der Waals surface area contributed by atoms with E-state index in [0.29, 0.717) is 29.8 Å². The number of aryl methyl sites for hydroxylation is 2. The lowest BCUT2D eigenvalue weighted by atomic mass is 10.1. The summed E-state index contributed by atoms with van der Waals surface area (Å²) in [7, 11) is 0. The van der Waals surface area contributed by atoms with Crippen molar-refractivity contribution in [1.82, 2.24) is 5.32 Å². The van der Waals surface area contributed by atoms with Crippen molar-refractivity contribution in [2.75, 3.05) is 0 Å².